The molecule has 0 aliphatic carbocycles. The second kappa shape index (κ2) is 9.75. The van der Waals surface area contributed by atoms with Crippen LogP contribution >= 0.6 is 11.6 Å². The number of methoxy groups -OCH3 is 1. The second-order valence-electron chi connectivity index (χ2n) is 5.97. The lowest BCUT2D eigenvalue weighted by molar-refractivity contribution is -0.154. The summed E-state index contributed by atoms with van der Waals surface area (Å²) in [5, 5.41) is 5.65. The molecule has 0 unspecified atom stereocenters. The fourth-order valence-corrected chi connectivity index (χ4v) is 2.38. The van der Waals surface area contributed by atoms with Crippen LogP contribution in [0.15, 0.2) is 48.5 Å². The largest absolute Gasteiger partial charge is 0.495 e. The highest BCUT2D eigenvalue weighted by atomic mass is 35.5. The van der Waals surface area contributed by atoms with E-state index in [-0.39, 0.29) is 0 Å². The molecule has 0 bridgehead atoms. The van der Waals surface area contributed by atoms with E-state index in [1.807, 2.05) is 0 Å². The van der Waals surface area contributed by atoms with Crippen LogP contribution in [-0.4, -0.2) is 37.0 Å². The number of halogens is 1. The minimum absolute atomic E-state index is 0.353. The molecule has 2 atom stereocenters. The summed E-state index contributed by atoms with van der Waals surface area (Å²) in [6.45, 7) is 2.91. The molecule has 0 aromatic heterocycles. The van der Waals surface area contributed by atoms with Gasteiger partial charge in [0.1, 0.15) is 11.8 Å². The van der Waals surface area contributed by atoms with Gasteiger partial charge < -0.3 is 20.1 Å². The van der Waals surface area contributed by atoms with Gasteiger partial charge in [-0.3, -0.25) is 9.59 Å². The Balaban J connectivity index is 1.90. The molecule has 2 rings (SSSR count). The first kappa shape index (κ1) is 21.2. The zero-order valence-electron chi connectivity index (χ0n) is 15.7. The molecular formula is C20H21ClN2O5. The average Bonchev–Trinajstić information content (AvgIpc) is 2.68. The molecule has 148 valence electrons. The van der Waals surface area contributed by atoms with Crippen LogP contribution in [0.3, 0.4) is 0 Å². The minimum atomic E-state index is -1.06. The SMILES string of the molecule is COc1ccccc1NC(=O)[C@H](C)OC(=O)[C@H](C)NC(=O)c1ccc(Cl)cc1. The zero-order chi connectivity index (χ0) is 20.7. The first-order chi connectivity index (χ1) is 13.3. The van der Waals surface area contributed by atoms with Crippen molar-refractivity contribution in [3.05, 3.63) is 59.1 Å². The quantitative estimate of drug-likeness (QED) is 0.692. The maximum atomic E-state index is 12.3. The van der Waals surface area contributed by atoms with Gasteiger partial charge in [0, 0.05) is 10.6 Å². The van der Waals surface area contributed by atoms with E-state index in [4.69, 9.17) is 21.1 Å². The van der Waals surface area contributed by atoms with Crippen molar-refractivity contribution in [3.8, 4) is 5.75 Å². The first-order valence-electron chi connectivity index (χ1n) is 8.52. The highest BCUT2D eigenvalue weighted by molar-refractivity contribution is 6.30. The van der Waals surface area contributed by atoms with E-state index < -0.39 is 29.9 Å². The molecule has 2 amide bonds. The van der Waals surface area contributed by atoms with Crippen molar-refractivity contribution in [1.29, 1.82) is 0 Å². The number of anilines is 1. The van der Waals surface area contributed by atoms with Crippen LogP contribution in [0.5, 0.6) is 5.75 Å². The van der Waals surface area contributed by atoms with Crippen LogP contribution in [0.25, 0.3) is 0 Å². The summed E-state index contributed by atoms with van der Waals surface area (Å²) in [5.74, 6) is -1.22. The Bertz CT molecular complexity index is 854. The van der Waals surface area contributed by atoms with Crippen LogP contribution < -0.4 is 15.4 Å². The van der Waals surface area contributed by atoms with E-state index in [0.29, 0.717) is 22.0 Å². The van der Waals surface area contributed by atoms with Gasteiger partial charge in [0.25, 0.3) is 11.8 Å². The molecule has 2 aromatic carbocycles. The van der Waals surface area contributed by atoms with Gasteiger partial charge >= 0.3 is 5.97 Å². The van der Waals surface area contributed by atoms with Gasteiger partial charge in [-0.05, 0) is 50.2 Å². The lowest BCUT2D eigenvalue weighted by Crippen LogP contribution is -2.42. The Labute approximate surface area is 168 Å². The summed E-state index contributed by atoms with van der Waals surface area (Å²) in [4.78, 5) is 36.6. The lowest BCUT2D eigenvalue weighted by atomic mass is 10.2. The summed E-state index contributed by atoms with van der Waals surface area (Å²) in [7, 11) is 1.49. The van der Waals surface area contributed by atoms with Gasteiger partial charge in [-0.15, -0.1) is 0 Å². The van der Waals surface area contributed by atoms with Crippen molar-refractivity contribution >= 4 is 35.1 Å². The Hall–Kier alpha value is -3.06. The number of amides is 2. The highest BCUT2D eigenvalue weighted by Gasteiger charge is 2.24. The highest BCUT2D eigenvalue weighted by Crippen LogP contribution is 2.23. The molecule has 0 aliphatic rings. The van der Waals surface area contributed by atoms with E-state index in [1.54, 1.807) is 48.5 Å². The number of hydrogen-bond acceptors (Lipinski definition) is 5. The van der Waals surface area contributed by atoms with Gasteiger partial charge in [-0.2, -0.15) is 0 Å². The van der Waals surface area contributed by atoms with Gasteiger partial charge in [0.2, 0.25) is 0 Å². The molecule has 0 saturated heterocycles. The van der Waals surface area contributed by atoms with E-state index in [1.165, 1.54) is 21.0 Å². The Kier molecular flexibility index (Phi) is 7.40. The predicted molar refractivity (Wildman–Crippen MR) is 106 cm³/mol. The number of hydrogen-bond donors (Lipinski definition) is 2. The number of carbonyl (C=O) groups excluding carboxylic acids is 3. The Morgan fingerprint density at radius 3 is 2.29 bits per heavy atom. The summed E-state index contributed by atoms with van der Waals surface area (Å²) >= 11 is 5.78. The molecule has 0 spiro atoms. The summed E-state index contributed by atoms with van der Waals surface area (Å²) in [5.41, 5.74) is 0.813. The molecule has 0 heterocycles. The minimum Gasteiger partial charge on any atom is -0.495 e. The van der Waals surface area contributed by atoms with Gasteiger partial charge in [-0.1, -0.05) is 23.7 Å². The number of benzene rings is 2. The second-order valence-corrected chi connectivity index (χ2v) is 6.41. The number of para-hydroxylation sites is 2. The molecule has 28 heavy (non-hydrogen) atoms. The standard InChI is InChI=1S/C20H21ClN2O5/c1-12(22-19(25)14-8-10-15(21)11-9-14)20(26)28-13(2)18(24)23-16-6-4-5-7-17(16)27-3/h4-13H,1-3H3,(H,22,25)(H,23,24)/t12-,13-/m0/s1. The fourth-order valence-electron chi connectivity index (χ4n) is 2.25. The van der Waals surface area contributed by atoms with E-state index >= 15 is 0 Å². The molecule has 8 heteroatoms. The van der Waals surface area contributed by atoms with Gasteiger partial charge in [0.15, 0.2) is 6.10 Å². The third-order valence-corrected chi connectivity index (χ3v) is 4.09. The van der Waals surface area contributed by atoms with Crippen molar-refractivity contribution in [2.75, 3.05) is 12.4 Å². The molecule has 7 nitrogen and oxygen atoms in total. The van der Waals surface area contributed by atoms with Crippen LogP contribution in [0.2, 0.25) is 5.02 Å². The fraction of sp³-hybridized carbons (Fsp3) is 0.250. The van der Waals surface area contributed by atoms with Crippen molar-refractivity contribution < 1.29 is 23.9 Å². The van der Waals surface area contributed by atoms with Crippen molar-refractivity contribution in [1.82, 2.24) is 5.32 Å². The average molecular weight is 405 g/mol. The zero-order valence-corrected chi connectivity index (χ0v) is 16.4. The normalized spacial score (nSPS) is 12.4. The molecule has 2 aromatic rings. The molecule has 2 N–H and O–H groups in total. The molecule has 0 aliphatic heterocycles. The number of ether oxygens (including phenoxy) is 2. The maximum absolute atomic E-state index is 12.3. The molecule has 0 saturated carbocycles. The number of carbonyl (C=O) groups is 3. The van der Waals surface area contributed by atoms with Crippen molar-refractivity contribution in [3.63, 3.8) is 0 Å². The maximum Gasteiger partial charge on any atom is 0.329 e. The summed E-state index contributed by atoms with van der Waals surface area (Å²) in [6, 6.07) is 12.2. The molecule has 0 fully saturated rings. The van der Waals surface area contributed by atoms with Crippen LogP contribution in [0.1, 0.15) is 24.2 Å². The van der Waals surface area contributed by atoms with E-state index in [0.717, 1.165) is 0 Å². The summed E-state index contributed by atoms with van der Waals surface area (Å²) in [6.07, 6.45) is -1.06. The third kappa shape index (κ3) is 5.72. The number of rotatable bonds is 7. The van der Waals surface area contributed by atoms with Crippen LogP contribution in [0.4, 0.5) is 5.69 Å². The predicted octanol–water partition coefficient (Wildman–Crippen LogP) is 3.04. The summed E-state index contributed by atoms with van der Waals surface area (Å²) < 4.78 is 10.3. The van der Waals surface area contributed by atoms with E-state index in [2.05, 4.69) is 10.6 Å². The topological polar surface area (TPSA) is 93.7 Å². The van der Waals surface area contributed by atoms with Crippen LogP contribution in [-0.2, 0) is 14.3 Å². The van der Waals surface area contributed by atoms with Crippen molar-refractivity contribution in [2.45, 2.75) is 26.0 Å². The number of esters is 1. The Morgan fingerprint density at radius 2 is 1.64 bits per heavy atom. The first-order valence-corrected chi connectivity index (χ1v) is 8.90. The van der Waals surface area contributed by atoms with Crippen molar-refractivity contribution in [2.24, 2.45) is 0 Å². The smallest absolute Gasteiger partial charge is 0.329 e. The van der Waals surface area contributed by atoms with Crippen LogP contribution in [0, 0.1) is 0 Å². The Morgan fingerprint density at radius 1 is 1.00 bits per heavy atom. The monoisotopic (exact) mass is 404 g/mol. The van der Waals surface area contributed by atoms with E-state index in [9.17, 15) is 14.4 Å². The van der Waals surface area contributed by atoms with Gasteiger partial charge in [0.05, 0.1) is 12.8 Å². The lowest BCUT2D eigenvalue weighted by Gasteiger charge is -2.18. The third-order valence-electron chi connectivity index (χ3n) is 3.83. The number of nitrogens with one attached hydrogen (secondary N) is 2. The van der Waals surface area contributed by atoms with Gasteiger partial charge in [-0.25, -0.2) is 4.79 Å². The molecular weight excluding hydrogens is 384 g/mol. The molecule has 0 radical (unpaired) electrons.